The number of phosphoric ester groups is 1. The standard InChI is InChI=1S/C4H11O6P/c1-2-8-11(7,9-3-5)10-4-6/h5-6H,2-4H2,1H3. The number of hydrogen-bond acceptors (Lipinski definition) is 6. The van der Waals surface area contributed by atoms with Crippen molar-refractivity contribution in [2.75, 3.05) is 20.2 Å². The molecule has 0 rings (SSSR count). The highest BCUT2D eigenvalue weighted by molar-refractivity contribution is 7.48. The van der Waals surface area contributed by atoms with Crippen LogP contribution in [0.3, 0.4) is 0 Å². The summed E-state index contributed by atoms with van der Waals surface area (Å²) >= 11 is 0. The lowest BCUT2D eigenvalue weighted by Gasteiger charge is -2.13. The molecule has 7 heteroatoms. The summed E-state index contributed by atoms with van der Waals surface area (Å²) in [5, 5.41) is 16.4. The molecular formula is C4H11O6P. The minimum absolute atomic E-state index is 0.108. The van der Waals surface area contributed by atoms with Gasteiger partial charge in [0.2, 0.25) is 0 Å². The second-order valence-corrected chi connectivity index (χ2v) is 3.05. The molecule has 11 heavy (non-hydrogen) atoms. The SMILES string of the molecule is CCOP(=O)(OCO)OCO. The number of rotatable bonds is 6. The minimum Gasteiger partial charge on any atom is -0.370 e. The molecule has 0 saturated heterocycles. The third kappa shape index (κ3) is 4.47. The lowest BCUT2D eigenvalue weighted by molar-refractivity contribution is 0.00515. The molecule has 0 saturated carbocycles. The molecule has 0 spiro atoms. The Morgan fingerprint density at radius 3 is 1.91 bits per heavy atom. The Hall–Kier alpha value is 0.0300. The van der Waals surface area contributed by atoms with Gasteiger partial charge in [-0.2, -0.15) is 0 Å². The van der Waals surface area contributed by atoms with Crippen molar-refractivity contribution >= 4 is 7.82 Å². The summed E-state index contributed by atoms with van der Waals surface area (Å²) in [5.41, 5.74) is 0. The second-order valence-electron chi connectivity index (χ2n) is 1.38. The predicted octanol–water partition coefficient (Wildman–Crippen LogP) is 0.0638. The van der Waals surface area contributed by atoms with Crippen molar-refractivity contribution in [1.29, 1.82) is 0 Å². The first-order valence-electron chi connectivity index (χ1n) is 2.94. The fourth-order valence-corrected chi connectivity index (χ4v) is 1.23. The molecule has 0 aliphatic rings. The van der Waals surface area contributed by atoms with Gasteiger partial charge in [-0.25, -0.2) is 4.57 Å². The van der Waals surface area contributed by atoms with E-state index in [4.69, 9.17) is 10.2 Å². The summed E-state index contributed by atoms with van der Waals surface area (Å²) in [7, 11) is -3.72. The normalized spacial score (nSPS) is 11.9. The Morgan fingerprint density at radius 2 is 1.64 bits per heavy atom. The molecule has 0 aromatic heterocycles. The first kappa shape index (κ1) is 11.0. The van der Waals surface area contributed by atoms with Crippen molar-refractivity contribution in [1.82, 2.24) is 0 Å². The molecule has 0 heterocycles. The van der Waals surface area contributed by atoms with E-state index >= 15 is 0 Å². The zero-order valence-corrected chi connectivity index (χ0v) is 6.99. The predicted molar refractivity (Wildman–Crippen MR) is 35.6 cm³/mol. The monoisotopic (exact) mass is 186 g/mol. The molecule has 0 aliphatic heterocycles. The van der Waals surface area contributed by atoms with Gasteiger partial charge in [-0.05, 0) is 6.92 Å². The van der Waals surface area contributed by atoms with Gasteiger partial charge in [0.1, 0.15) is 0 Å². The van der Waals surface area contributed by atoms with Crippen molar-refractivity contribution in [3.05, 3.63) is 0 Å². The van der Waals surface area contributed by atoms with Crippen LogP contribution in [0, 0.1) is 0 Å². The quantitative estimate of drug-likeness (QED) is 0.450. The van der Waals surface area contributed by atoms with Gasteiger partial charge in [0.05, 0.1) is 6.61 Å². The van der Waals surface area contributed by atoms with Crippen LogP contribution in [0.4, 0.5) is 0 Å². The molecule has 68 valence electrons. The van der Waals surface area contributed by atoms with Crippen LogP contribution in [-0.2, 0) is 18.1 Å². The van der Waals surface area contributed by atoms with Crippen LogP contribution in [-0.4, -0.2) is 30.4 Å². The molecule has 0 atom stereocenters. The highest BCUT2D eigenvalue weighted by atomic mass is 31.2. The van der Waals surface area contributed by atoms with E-state index in [1.165, 1.54) is 0 Å². The summed E-state index contributed by atoms with van der Waals surface area (Å²) in [5.74, 6) is 0. The van der Waals surface area contributed by atoms with Crippen molar-refractivity contribution in [3.8, 4) is 0 Å². The van der Waals surface area contributed by atoms with Crippen molar-refractivity contribution in [2.24, 2.45) is 0 Å². The van der Waals surface area contributed by atoms with Gasteiger partial charge in [-0.1, -0.05) is 0 Å². The van der Waals surface area contributed by atoms with Crippen molar-refractivity contribution in [2.45, 2.75) is 6.92 Å². The highest BCUT2D eigenvalue weighted by Crippen LogP contribution is 2.48. The van der Waals surface area contributed by atoms with Gasteiger partial charge in [0, 0.05) is 0 Å². The number of aliphatic hydroxyl groups is 2. The first-order chi connectivity index (χ1) is 5.18. The van der Waals surface area contributed by atoms with Gasteiger partial charge in [-0.3, -0.25) is 13.6 Å². The van der Waals surface area contributed by atoms with E-state index in [2.05, 4.69) is 13.6 Å². The molecule has 0 unspecified atom stereocenters. The Morgan fingerprint density at radius 1 is 1.18 bits per heavy atom. The number of phosphoric acid groups is 1. The van der Waals surface area contributed by atoms with Gasteiger partial charge >= 0.3 is 7.82 Å². The maximum Gasteiger partial charge on any atom is 0.479 e. The van der Waals surface area contributed by atoms with Gasteiger partial charge in [0.25, 0.3) is 0 Å². The molecule has 6 nitrogen and oxygen atoms in total. The molecule has 0 aliphatic carbocycles. The van der Waals surface area contributed by atoms with Crippen LogP contribution >= 0.6 is 7.82 Å². The molecular weight excluding hydrogens is 175 g/mol. The van der Waals surface area contributed by atoms with Gasteiger partial charge in [-0.15, -0.1) is 0 Å². The zero-order valence-electron chi connectivity index (χ0n) is 6.10. The topological polar surface area (TPSA) is 85.2 Å². The van der Waals surface area contributed by atoms with Crippen LogP contribution in [0.1, 0.15) is 6.92 Å². The van der Waals surface area contributed by atoms with Gasteiger partial charge in [0.15, 0.2) is 13.6 Å². The largest absolute Gasteiger partial charge is 0.479 e. The Kier molecular flexibility index (Phi) is 5.67. The van der Waals surface area contributed by atoms with Crippen LogP contribution in [0.15, 0.2) is 0 Å². The summed E-state index contributed by atoms with van der Waals surface area (Å²) in [6.07, 6.45) is 0. The van der Waals surface area contributed by atoms with E-state index < -0.39 is 21.4 Å². The Balaban J connectivity index is 3.91. The third-order valence-corrected chi connectivity index (χ3v) is 2.16. The van der Waals surface area contributed by atoms with E-state index in [1.54, 1.807) is 6.92 Å². The van der Waals surface area contributed by atoms with Crippen LogP contribution in [0.25, 0.3) is 0 Å². The molecule has 0 aromatic carbocycles. The van der Waals surface area contributed by atoms with Gasteiger partial charge < -0.3 is 10.2 Å². The van der Waals surface area contributed by atoms with E-state index in [9.17, 15) is 4.57 Å². The van der Waals surface area contributed by atoms with Crippen molar-refractivity contribution in [3.63, 3.8) is 0 Å². The fourth-order valence-electron chi connectivity index (χ4n) is 0.411. The maximum absolute atomic E-state index is 11.0. The number of hydrogen-bond donors (Lipinski definition) is 2. The summed E-state index contributed by atoms with van der Waals surface area (Å²) in [6, 6.07) is 0. The smallest absolute Gasteiger partial charge is 0.370 e. The van der Waals surface area contributed by atoms with Crippen LogP contribution in [0.2, 0.25) is 0 Å². The van der Waals surface area contributed by atoms with E-state index in [0.29, 0.717) is 0 Å². The lowest BCUT2D eigenvalue weighted by atomic mass is 10.9. The average molecular weight is 186 g/mol. The molecule has 0 aromatic rings. The van der Waals surface area contributed by atoms with Crippen molar-refractivity contribution < 1.29 is 28.3 Å². The molecule has 2 N–H and O–H groups in total. The molecule has 0 fully saturated rings. The zero-order chi connectivity index (χ0) is 8.74. The van der Waals surface area contributed by atoms with E-state index in [0.717, 1.165) is 0 Å². The lowest BCUT2D eigenvalue weighted by Crippen LogP contribution is -2.01. The highest BCUT2D eigenvalue weighted by Gasteiger charge is 2.24. The third-order valence-electron chi connectivity index (χ3n) is 0.719. The summed E-state index contributed by atoms with van der Waals surface area (Å²) < 4.78 is 24.0. The Labute approximate surface area is 64.3 Å². The molecule has 0 bridgehead atoms. The van der Waals surface area contributed by atoms with Crippen LogP contribution in [0.5, 0.6) is 0 Å². The molecule has 0 amide bonds. The fraction of sp³-hybridized carbons (Fsp3) is 1.00. The average Bonchev–Trinajstić information content (AvgIpc) is 1.88. The second kappa shape index (κ2) is 5.65. The minimum atomic E-state index is -3.72. The maximum atomic E-state index is 11.0. The Bertz CT molecular complexity index is 113. The summed E-state index contributed by atoms with van der Waals surface area (Å²) in [4.78, 5) is 0. The number of aliphatic hydroxyl groups excluding tert-OH is 2. The van der Waals surface area contributed by atoms with E-state index in [1.807, 2.05) is 0 Å². The van der Waals surface area contributed by atoms with Crippen LogP contribution < -0.4 is 0 Å². The van der Waals surface area contributed by atoms with E-state index in [-0.39, 0.29) is 6.61 Å². The molecule has 0 radical (unpaired) electrons. The summed E-state index contributed by atoms with van der Waals surface area (Å²) in [6.45, 7) is 0.125. The first-order valence-corrected chi connectivity index (χ1v) is 4.40.